The summed E-state index contributed by atoms with van der Waals surface area (Å²) in [5, 5.41) is 16.6. The molecular formula is C62H84Cl2N16O11S2. The summed E-state index contributed by atoms with van der Waals surface area (Å²) in [5.74, 6) is 3.07. The van der Waals surface area contributed by atoms with E-state index in [1.54, 1.807) is 37.4 Å². The van der Waals surface area contributed by atoms with Crippen molar-refractivity contribution >= 4 is 72.8 Å². The van der Waals surface area contributed by atoms with E-state index in [2.05, 4.69) is 111 Å². The maximum absolute atomic E-state index is 12.9. The number of ether oxygens (including phenoxy) is 3. The number of H-pyrrole nitrogens is 3. The molecule has 2 fully saturated rings. The van der Waals surface area contributed by atoms with Gasteiger partial charge >= 0.3 is 9.33 Å². The van der Waals surface area contributed by atoms with Crippen molar-refractivity contribution in [3.63, 3.8) is 0 Å². The summed E-state index contributed by atoms with van der Waals surface area (Å²) in [4.78, 5) is 67.6. The summed E-state index contributed by atoms with van der Waals surface area (Å²) in [6, 6.07) is 18.0. The molecule has 0 saturated carbocycles. The molecule has 504 valence electrons. The van der Waals surface area contributed by atoms with Crippen molar-refractivity contribution in [1.82, 2.24) is 79.3 Å². The third-order valence-corrected chi connectivity index (χ3v) is 16.3. The van der Waals surface area contributed by atoms with Gasteiger partial charge in [0.15, 0.2) is 16.6 Å². The molecule has 0 spiro atoms. The second-order valence-electron chi connectivity index (χ2n) is 22.1. The largest absolute Gasteiger partial charge is 0.493 e. The van der Waals surface area contributed by atoms with E-state index in [4.69, 9.17) is 42.8 Å². The van der Waals surface area contributed by atoms with E-state index in [1.165, 1.54) is 41.5 Å². The number of hydrogen-bond donors (Lipinski definition) is 5. The lowest BCUT2D eigenvalue weighted by Gasteiger charge is -2.32. The Kier molecular flexibility index (Phi) is 26.2. The van der Waals surface area contributed by atoms with E-state index < -0.39 is 18.4 Å². The van der Waals surface area contributed by atoms with Gasteiger partial charge in [-0.25, -0.2) is 23.4 Å². The summed E-state index contributed by atoms with van der Waals surface area (Å²) in [6.07, 6.45) is 4.99. The highest BCUT2D eigenvalue weighted by atomic mass is 35.7. The van der Waals surface area contributed by atoms with Crippen LogP contribution in [0.15, 0.2) is 79.9 Å². The summed E-state index contributed by atoms with van der Waals surface area (Å²) in [7, 11) is 10.9. The monoisotopic (exact) mass is 1360 g/mol. The molecule has 9 aromatic rings. The highest BCUT2D eigenvalue weighted by Crippen LogP contribution is 2.34. The Morgan fingerprint density at radius 3 is 1.27 bits per heavy atom. The predicted octanol–water partition coefficient (Wildman–Crippen LogP) is 7.25. The van der Waals surface area contributed by atoms with Crippen LogP contribution in [0.1, 0.15) is 83.5 Å². The second-order valence-corrected chi connectivity index (χ2v) is 26.6. The van der Waals surface area contributed by atoms with Gasteiger partial charge in [0, 0.05) is 101 Å². The molecule has 0 amide bonds. The molecule has 0 atom stereocenters. The Balaban J connectivity index is 0.000000182. The Hall–Kier alpha value is -7.61. The minimum Gasteiger partial charge on any atom is -0.493 e. The molecule has 2 saturated heterocycles. The van der Waals surface area contributed by atoms with Gasteiger partial charge in [-0.3, -0.25) is 37.9 Å². The molecule has 93 heavy (non-hydrogen) atoms. The third kappa shape index (κ3) is 19.5. The van der Waals surface area contributed by atoms with Gasteiger partial charge < -0.3 is 44.3 Å². The van der Waals surface area contributed by atoms with Crippen LogP contribution in [0.25, 0.3) is 67.3 Å². The summed E-state index contributed by atoms with van der Waals surface area (Å²) in [5.41, 5.74) is 8.02. The first-order valence-electron chi connectivity index (χ1n) is 30.9. The molecule has 2 aliphatic rings. The van der Waals surface area contributed by atoms with Gasteiger partial charge in [-0.15, -0.1) is 0 Å². The average molecular weight is 1360 g/mol. The Morgan fingerprint density at radius 2 is 0.882 bits per heavy atom. The number of halogens is 2. The quantitative estimate of drug-likeness (QED) is 0.0417. The molecule has 8 heterocycles. The van der Waals surface area contributed by atoms with Gasteiger partial charge in [-0.1, -0.05) is 58.2 Å². The van der Waals surface area contributed by atoms with E-state index in [0.29, 0.717) is 93.7 Å². The lowest BCUT2D eigenvalue weighted by molar-refractivity contribution is 0.148. The second kappa shape index (κ2) is 33.5. The first-order valence-corrected chi connectivity index (χ1v) is 35.4. The molecule has 11 rings (SSSR count). The fourth-order valence-corrected chi connectivity index (χ4v) is 11.4. The first-order chi connectivity index (χ1) is 44.3. The van der Waals surface area contributed by atoms with Crippen molar-refractivity contribution in [3.05, 3.63) is 114 Å². The van der Waals surface area contributed by atoms with Crippen LogP contribution in [0, 0.1) is 0 Å². The fraction of sp³-hybridized carbons (Fsp3) is 0.468. The zero-order valence-corrected chi connectivity index (χ0v) is 57.6. The zero-order chi connectivity index (χ0) is 67.7. The highest BCUT2D eigenvalue weighted by molar-refractivity contribution is 8.13. The van der Waals surface area contributed by atoms with Crippen molar-refractivity contribution in [2.24, 2.45) is 21.1 Å². The van der Waals surface area contributed by atoms with Gasteiger partial charge in [0.1, 0.15) is 51.3 Å². The number of hydrogen-bond acceptors (Lipinski definition) is 20. The van der Waals surface area contributed by atoms with Crippen LogP contribution < -0.4 is 36.2 Å². The topological polar surface area (TPSA) is 329 Å². The highest BCUT2D eigenvalue weighted by Gasteiger charge is 2.23. The van der Waals surface area contributed by atoms with E-state index in [1.807, 2.05) is 51.1 Å². The lowest BCUT2D eigenvalue weighted by Crippen LogP contribution is -2.43. The predicted molar refractivity (Wildman–Crippen MR) is 363 cm³/mol. The molecule has 27 nitrogen and oxygen atoms in total. The lowest BCUT2D eigenvalue weighted by atomic mass is 10.1. The van der Waals surface area contributed by atoms with E-state index in [-0.39, 0.29) is 27.4 Å². The molecule has 0 radical (unpaired) electrons. The minimum atomic E-state index is -4.19. The van der Waals surface area contributed by atoms with Crippen molar-refractivity contribution < 1.29 is 35.6 Å². The van der Waals surface area contributed by atoms with Gasteiger partial charge in [-0.2, -0.15) is 23.7 Å². The number of aryl methyl sites for hydroxylation is 6. The van der Waals surface area contributed by atoms with Crippen LogP contribution in [-0.4, -0.2) is 182 Å². The molecule has 5 N–H and O–H groups in total. The third-order valence-electron chi connectivity index (χ3n) is 14.9. The molecule has 31 heteroatoms. The molecule has 0 unspecified atom stereocenters. The molecule has 2 aliphatic heterocycles. The SMILES string of the molecule is CCCc1nn(C)c2c(=O)[nH]c(-c3cc(CN4CCN(C)CC4)ccc3OCC)nc12.CCCc1nn(C)c2c(=O)[nH]c(-c3cc(S(=O)(=O)Cl)ccc3OCC)nc12.CCCc1nn(C)c2c(=O)[nH]c(-c3ccccc3OCC)nc12.CN1CCNCC1.O=S(=O)(O)Cl. The maximum atomic E-state index is 12.9. The number of para-hydroxylation sites is 1. The first kappa shape index (κ1) is 72.8. The van der Waals surface area contributed by atoms with Crippen molar-refractivity contribution in [2.75, 3.05) is 86.3 Å². The Labute approximate surface area is 549 Å². The smallest absolute Gasteiger partial charge is 0.353 e. The minimum absolute atomic E-state index is 0.106. The van der Waals surface area contributed by atoms with Crippen LogP contribution in [0.5, 0.6) is 17.2 Å². The number of benzene rings is 3. The Morgan fingerprint density at radius 1 is 0.505 bits per heavy atom. The number of fused-ring (bicyclic) bond motifs is 3. The van der Waals surface area contributed by atoms with Gasteiger partial charge in [0.05, 0.1) is 58.5 Å². The standard InChI is InChI=1S/C23H32N6O2.C17H19ClN4O4S.C17H20N4O2.C5H12N2.ClHO3S/c1-5-7-18-20-21(28(4)26-18)23(30)25-22(24-20)17-14-16(8-9-19(17)31-6-2)15-29-12-10-27(3)11-13-29;1-4-6-12-14-15(22(3)21-12)17(23)20-16(19-14)11-9-10(27(18,24)25)7-8-13(11)26-5-2;1-4-8-12-14-15(21(3)20-12)17(22)19-16(18-14)11-9-6-7-10-13(11)23-5-2;1-7-4-2-6-3-5-7;1-5(2,3)4/h8-9,14H,5-7,10-13,15H2,1-4H3,(H,24,25,30);7-9H,4-6H2,1-3H3,(H,19,20,23);6-7,9-10H,4-5,8H2,1-3H3,(H,18,19,22);6H,2-5H2,1H3;(H,2,3,4). The van der Waals surface area contributed by atoms with Crippen LogP contribution in [0.4, 0.5) is 0 Å². The Bertz CT molecular complexity index is 4410. The average Bonchev–Trinajstić information content (AvgIpc) is 1.70. The van der Waals surface area contributed by atoms with Gasteiger partial charge in [0.25, 0.3) is 25.7 Å². The molecule has 3 aromatic carbocycles. The number of aromatic amines is 3. The summed E-state index contributed by atoms with van der Waals surface area (Å²) >= 11 is 0. The van der Waals surface area contributed by atoms with Crippen molar-refractivity contribution in [3.8, 4) is 51.4 Å². The van der Waals surface area contributed by atoms with E-state index in [0.717, 1.165) is 106 Å². The van der Waals surface area contributed by atoms with E-state index >= 15 is 0 Å². The van der Waals surface area contributed by atoms with Gasteiger partial charge in [0.2, 0.25) is 0 Å². The number of likely N-dealkylation sites (N-methyl/N-ethyl adjacent to an activating group) is 2. The normalized spacial score (nSPS) is 13.9. The number of nitrogens with zero attached hydrogens (tertiary/aromatic N) is 12. The van der Waals surface area contributed by atoms with Crippen LogP contribution >= 0.6 is 21.4 Å². The summed E-state index contributed by atoms with van der Waals surface area (Å²) < 4.78 is 70.4. The van der Waals surface area contributed by atoms with E-state index in [9.17, 15) is 22.8 Å². The number of rotatable bonds is 18. The number of nitrogens with one attached hydrogen (secondary N) is 4. The molecule has 6 aromatic heterocycles. The van der Waals surface area contributed by atoms with Crippen LogP contribution in [0.2, 0.25) is 0 Å². The van der Waals surface area contributed by atoms with Crippen molar-refractivity contribution in [1.29, 1.82) is 0 Å². The molecular weight excluding hydrogens is 1280 g/mol. The van der Waals surface area contributed by atoms with Crippen LogP contribution in [-0.2, 0) is 65.3 Å². The zero-order valence-electron chi connectivity index (χ0n) is 54.5. The summed E-state index contributed by atoms with van der Waals surface area (Å²) in [6.45, 7) is 23.2. The van der Waals surface area contributed by atoms with Crippen LogP contribution in [0.3, 0.4) is 0 Å². The fourth-order valence-electron chi connectivity index (χ4n) is 10.6. The van der Waals surface area contributed by atoms with Crippen molar-refractivity contribution in [2.45, 2.75) is 91.5 Å². The number of aromatic nitrogens is 12. The molecule has 0 aliphatic carbocycles. The number of piperazine rings is 2. The maximum Gasteiger partial charge on any atom is 0.353 e. The van der Waals surface area contributed by atoms with Gasteiger partial charge in [-0.05, 0) is 102 Å². The molecule has 0 bridgehead atoms.